The van der Waals surface area contributed by atoms with E-state index >= 15 is 0 Å². The van der Waals surface area contributed by atoms with Gasteiger partial charge >= 0.3 is 0 Å². The number of hydrogen-bond acceptors (Lipinski definition) is 5. The van der Waals surface area contributed by atoms with E-state index < -0.39 is 0 Å². The topological polar surface area (TPSA) is 68.2 Å². The van der Waals surface area contributed by atoms with E-state index in [2.05, 4.69) is 40.2 Å². The number of fused-ring (bicyclic) bond motifs is 1. The second kappa shape index (κ2) is 5.59. The van der Waals surface area contributed by atoms with Crippen LogP contribution < -0.4 is 10.6 Å². The van der Waals surface area contributed by atoms with Gasteiger partial charge in [0.25, 0.3) is 0 Å². The lowest BCUT2D eigenvalue weighted by Gasteiger charge is -2.19. The van der Waals surface area contributed by atoms with Gasteiger partial charge in [0.2, 0.25) is 5.89 Å². The maximum Gasteiger partial charge on any atom is 0.240 e. The normalized spacial score (nSPS) is 13.3. The fourth-order valence-corrected chi connectivity index (χ4v) is 2.51. The molecule has 102 valence electrons. The van der Waals surface area contributed by atoms with Crippen molar-refractivity contribution >= 4 is 18.1 Å². The first-order valence-electron chi connectivity index (χ1n) is 6.13. The van der Waals surface area contributed by atoms with E-state index in [1.807, 2.05) is 0 Å². The molecule has 0 fully saturated rings. The van der Waals surface area contributed by atoms with Gasteiger partial charge in [-0.3, -0.25) is 0 Å². The Morgan fingerprint density at radius 1 is 1.42 bits per heavy atom. The van der Waals surface area contributed by atoms with Crippen LogP contribution in [-0.4, -0.2) is 16.7 Å². The molecule has 5 nitrogen and oxygen atoms in total. The van der Waals surface area contributed by atoms with Crippen LogP contribution in [0.1, 0.15) is 22.8 Å². The van der Waals surface area contributed by atoms with E-state index in [1.165, 1.54) is 16.8 Å². The van der Waals surface area contributed by atoms with Gasteiger partial charge in [0.1, 0.15) is 0 Å². The van der Waals surface area contributed by atoms with Gasteiger partial charge in [-0.05, 0) is 24.5 Å². The highest BCUT2D eigenvalue weighted by Crippen LogP contribution is 2.31. The van der Waals surface area contributed by atoms with Crippen molar-refractivity contribution in [2.45, 2.75) is 26.4 Å². The van der Waals surface area contributed by atoms with Crippen LogP contribution in [0.3, 0.4) is 0 Å². The minimum atomic E-state index is 0. The summed E-state index contributed by atoms with van der Waals surface area (Å²) < 4.78 is 5.03. The molecule has 0 spiro atoms. The summed E-state index contributed by atoms with van der Waals surface area (Å²) >= 11 is 0. The first-order chi connectivity index (χ1) is 8.78. The standard InChI is InChI=1S/C13H16N4O.ClH/c1-9-3-2-4-10-5-6-17(13(9)10)8-11-15-12(7-14)18-16-11;/h2-4H,5-8,14H2,1H3;1H. The molecule has 0 aliphatic carbocycles. The summed E-state index contributed by atoms with van der Waals surface area (Å²) in [6.07, 6.45) is 1.08. The fraction of sp³-hybridized carbons (Fsp3) is 0.385. The second-order valence-electron chi connectivity index (χ2n) is 4.56. The molecule has 0 radical (unpaired) electrons. The van der Waals surface area contributed by atoms with Crippen LogP contribution in [0.15, 0.2) is 22.7 Å². The van der Waals surface area contributed by atoms with Crippen molar-refractivity contribution in [3.05, 3.63) is 41.0 Å². The maximum absolute atomic E-state index is 5.46. The lowest BCUT2D eigenvalue weighted by atomic mass is 10.1. The number of para-hydroxylation sites is 1. The van der Waals surface area contributed by atoms with E-state index in [0.29, 0.717) is 24.8 Å². The van der Waals surface area contributed by atoms with Crippen LogP contribution in [-0.2, 0) is 19.5 Å². The summed E-state index contributed by atoms with van der Waals surface area (Å²) in [5, 5.41) is 3.95. The minimum absolute atomic E-state index is 0. The Kier molecular flexibility index (Phi) is 4.07. The van der Waals surface area contributed by atoms with Crippen molar-refractivity contribution < 1.29 is 4.52 Å². The summed E-state index contributed by atoms with van der Waals surface area (Å²) in [5.41, 5.74) is 9.48. The molecule has 1 aliphatic rings. The molecule has 1 aliphatic heterocycles. The monoisotopic (exact) mass is 280 g/mol. The van der Waals surface area contributed by atoms with Gasteiger partial charge in [0.05, 0.1) is 13.1 Å². The minimum Gasteiger partial charge on any atom is -0.363 e. The van der Waals surface area contributed by atoms with Crippen LogP contribution in [0.25, 0.3) is 0 Å². The van der Waals surface area contributed by atoms with E-state index in [4.69, 9.17) is 10.3 Å². The van der Waals surface area contributed by atoms with Crippen molar-refractivity contribution in [3.63, 3.8) is 0 Å². The number of benzene rings is 1. The first kappa shape index (κ1) is 13.8. The molecule has 0 saturated carbocycles. The molecular formula is C13H17ClN4O. The Balaban J connectivity index is 0.00000133. The fourth-order valence-electron chi connectivity index (χ4n) is 2.51. The molecule has 0 unspecified atom stereocenters. The number of hydrogen-bond donors (Lipinski definition) is 1. The van der Waals surface area contributed by atoms with Crippen LogP contribution in [0.2, 0.25) is 0 Å². The highest BCUT2D eigenvalue weighted by Gasteiger charge is 2.22. The number of nitrogens with zero attached hydrogens (tertiary/aromatic N) is 3. The lowest BCUT2D eigenvalue weighted by molar-refractivity contribution is 0.374. The molecule has 2 N–H and O–H groups in total. The zero-order valence-corrected chi connectivity index (χ0v) is 11.6. The molecule has 6 heteroatoms. The number of anilines is 1. The average molecular weight is 281 g/mol. The van der Waals surface area contributed by atoms with Crippen molar-refractivity contribution in [1.82, 2.24) is 10.1 Å². The lowest BCUT2D eigenvalue weighted by Crippen LogP contribution is -2.21. The highest BCUT2D eigenvalue weighted by molar-refractivity contribution is 5.85. The van der Waals surface area contributed by atoms with E-state index in [1.54, 1.807) is 0 Å². The molecule has 1 aromatic carbocycles. The predicted molar refractivity (Wildman–Crippen MR) is 75.4 cm³/mol. The predicted octanol–water partition coefficient (Wildman–Crippen LogP) is 1.82. The van der Waals surface area contributed by atoms with Crippen molar-refractivity contribution in [2.75, 3.05) is 11.4 Å². The van der Waals surface area contributed by atoms with Gasteiger partial charge < -0.3 is 15.2 Å². The third-order valence-electron chi connectivity index (χ3n) is 3.31. The van der Waals surface area contributed by atoms with Gasteiger partial charge in [-0.1, -0.05) is 23.4 Å². The number of halogens is 1. The third kappa shape index (κ3) is 2.57. The Hall–Kier alpha value is -1.59. The molecule has 1 aromatic heterocycles. The third-order valence-corrected chi connectivity index (χ3v) is 3.31. The molecule has 19 heavy (non-hydrogen) atoms. The maximum atomic E-state index is 5.46. The van der Waals surface area contributed by atoms with Gasteiger partial charge in [-0.2, -0.15) is 4.98 Å². The zero-order chi connectivity index (χ0) is 12.5. The summed E-state index contributed by atoms with van der Waals surface area (Å²) in [6, 6.07) is 6.43. The van der Waals surface area contributed by atoms with Crippen LogP contribution in [0, 0.1) is 6.92 Å². The molecule has 2 aromatic rings. The largest absolute Gasteiger partial charge is 0.363 e. The summed E-state index contributed by atoms with van der Waals surface area (Å²) in [5.74, 6) is 1.20. The summed E-state index contributed by atoms with van der Waals surface area (Å²) in [4.78, 5) is 6.55. The Bertz CT molecular complexity index is 570. The van der Waals surface area contributed by atoms with Gasteiger partial charge in [-0.25, -0.2) is 0 Å². The molecule has 0 atom stereocenters. The smallest absolute Gasteiger partial charge is 0.240 e. The molecular weight excluding hydrogens is 264 g/mol. The van der Waals surface area contributed by atoms with Crippen molar-refractivity contribution in [2.24, 2.45) is 5.73 Å². The molecule has 2 heterocycles. The van der Waals surface area contributed by atoms with Crippen molar-refractivity contribution in [3.8, 4) is 0 Å². The number of aromatic nitrogens is 2. The second-order valence-corrected chi connectivity index (χ2v) is 4.56. The van der Waals surface area contributed by atoms with Gasteiger partial charge in [0, 0.05) is 12.2 Å². The highest BCUT2D eigenvalue weighted by atomic mass is 35.5. The van der Waals surface area contributed by atoms with Gasteiger partial charge in [0.15, 0.2) is 5.82 Å². The Labute approximate surface area is 118 Å². The average Bonchev–Trinajstić information content (AvgIpc) is 2.98. The van der Waals surface area contributed by atoms with Gasteiger partial charge in [-0.15, -0.1) is 12.4 Å². The van der Waals surface area contributed by atoms with Crippen LogP contribution in [0.4, 0.5) is 5.69 Å². The van der Waals surface area contributed by atoms with Crippen LogP contribution >= 0.6 is 12.4 Å². The van der Waals surface area contributed by atoms with E-state index in [0.717, 1.165) is 13.0 Å². The molecule has 0 saturated heterocycles. The SMILES string of the molecule is Cc1cccc2c1N(Cc1noc(CN)n1)CC2.Cl. The molecule has 0 bridgehead atoms. The zero-order valence-electron chi connectivity index (χ0n) is 10.8. The number of rotatable bonds is 3. The van der Waals surface area contributed by atoms with E-state index in [-0.39, 0.29) is 12.4 Å². The quantitative estimate of drug-likeness (QED) is 0.929. The number of nitrogens with two attached hydrogens (primary N) is 1. The molecule has 0 amide bonds. The Morgan fingerprint density at radius 3 is 3.00 bits per heavy atom. The first-order valence-corrected chi connectivity index (χ1v) is 6.13. The number of aryl methyl sites for hydroxylation is 1. The summed E-state index contributed by atoms with van der Waals surface area (Å²) in [7, 11) is 0. The van der Waals surface area contributed by atoms with Crippen LogP contribution in [0.5, 0.6) is 0 Å². The Morgan fingerprint density at radius 2 is 2.26 bits per heavy atom. The molecule has 3 rings (SSSR count). The summed E-state index contributed by atoms with van der Waals surface area (Å²) in [6.45, 7) is 4.12. The van der Waals surface area contributed by atoms with Crippen molar-refractivity contribution in [1.29, 1.82) is 0 Å². The van der Waals surface area contributed by atoms with E-state index in [9.17, 15) is 0 Å².